The number of carbonyl (C=O) groups is 1. The van der Waals surface area contributed by atoms with E-state index in [0.29, 0.717) is 37.3 Å². The van der Waals surface area contributed by atoms with Gasteiger partial charge in [0.05, 0.1) is 19.8 Å². The minimum Gasteiger partial charge on any atom is -0.383 e. The van der Waals surface area contributed by atoms with Crippen LogP contribution in [0.25, 0.3) is 0 Å². The third-order valence-corrected chi connectivity index (χ3v) is 9.39. The van der Waals surface area contributed by atoms with Crippen LogP contribution in [-0.2, 0) is 9.53 Å². The first kappa shape index (κ1) is 23.4. The summed E-state index contributed by atoms with van der Waals surface area (Å²) in [5.41, 5.74) is 1.30. The minimum atomic E-state index is -0.808. The Labute approximate surface area is 206 Å². The molecule has 6 aliphatic rings. The monoisotopic (exact) mass is 516 g/mol. The van der Waals surface area contributed by atoms with E-state index in [9.17, 15) is 9.90 Å². The molecule has 1 amide bonds. The number of ether oxygens (including phenoxy) is 1. The highest BCUT2D eigenvalue weighted by molar-refractivity contribution is 9.11. The van der Waals surface area contributed by atoms with Crippen molar-refractivity contribution in [1.82, 2.24) is 10.2 Å². The van der Waals surface area contributed by atoms with Gasteiger partial charge in [0, 0.05) is 23.1 Å². The highest BCUT2D eigenvalue weighted by atomic mass is 79.9. The highest BCUT2D eigenvalue weighted by Gasteiger charge is 2.50. The Morgan fingerprint density at radius 1 is 1.18 bits per heavy atom. The van der Waals surface area contributed by atoms with Crippen LogP contribution in [0, 0.1) is 23.2 Å². The normalized spacial score (nSPS) is 40.5. The van der Waals surface area contributed by atoms with E-state index in [2.05, 4.69) is 21.2 Å². The smallest absolute Gasteiger partial charge is 0.251 e. The van der Waals surface area contributed by atoms with Crippen molar-refractivity contribution >= 4 is 21.8 Å². The lowest BCUT2D eigenvalue weighted by Gasteiger charge is -2.57. The number of aliphatic hydroxyl groups is 1. The summed E-state index contributed by atoms with van der Waals surface area (Å²) in [6.45, 7) is 4.50. The number of hydrogen-bond donors (Lipinski definition) is 2. The van der Waals surface area contributed by atoms with Gasteiger partial charge in [-0.05, 0) is 99.0 Å². The predicted molar refractivity (Wildman–Crippen MR) is 134 cm³/mol. The van der Waals surface area contributed by atoms with Crippen LogP contribution in [0.15, 0.2) is 46.1 Å². The second kappa shape index (κ2) is 9.35. The number of rotatable bonds is 6. The highest BCUT2D eigenvalue weighted by Crippen LogP contribution is 2.61. The Balaban J connectivity index is 1.24. The van der Waals surface area contributed by atoms with Gasteiger partial charge in [-0.15, -0.1) is 0 Å². The van der Waals surface area contributed by atoms with Gasteiger partial charge in [-0.1, -0.05) is 28.1 Å². The van der Waals surface area contributed by atoms with Gasteiger partial charge in [-0.25, -0.2) is 0 Å². The number of halogens is 1. The standard InChI is InChI=1S/C27H37BrN2O3/c1-19-23(5-9-30(8-3-2-4-24(19)28)16-27(32)17-33-18-27)25(31)29-7-6-26-13-20-10-21(14-26)12-22(11-20)15-26/h2-5,8,20-22,32H,6-7,9-18H2,1H3,(H,29,31)/b4-2-,8-3+,23-5+,24-19-. The second-order valence-electron chi connectivity index (χ2n) is 11.4. The van der Waals surface area contributed by atoms with Crippen molar-refractivity contribution in [3.63, 3.8) is 0 Å². The van der Waals surface area contributed by atoms with E-state index in [1.54, 1.807) is 0 Å². The molecule has 0 aromatic carbocycles. The fraction of sp³-hybridized carbons (Fsp3) is 0.667. The number of nitrogens with zero attached hydrogens (tertiary/aromatic N) is 1. The van der Waals surface area contributed by atoms with Crippen LogP contribution in [0.5, 0.6) is 0 Å². The van der Waals surface area contributed by atoms with Crippen LogP contribution in [-0.4, -0.2) is 54.4 Å². The van der Waals surface area contributed by atoms with E-state index in [4.69, 9.17) is 4.74 Å². The van der Waals surface area contributed by atoms with Crippen molar-refractivity contribution in [3.05, 3.63) is 46.1 Å². The Kier molecular flexibility index (Phi) is 6.62. The van der Waals surface area contributed by atoms with Crippen LogP contribution in [0.3, 0.4) is 0 Å². The molecule has 0 radical (unpaired) electrons. The molecule has 2 heterocycles. The van der Waals surface area contributed by atoms with Crippen molar-refractivity contribution in [1.29, 1.82) is 0 Å². The van der Waals surface area contributed by atoms with E-state index in [-0.39, 0.29) is 5.91 Å². The molecule has 0 spiro atoms. The molecule has 5 fully saturated rings. The van der Waals surface area contributed by atoms with E-state index in [1.807, 2.05) is 42.3 Å². The number of hydrogen-bond acceptors (Lipinski definition) is 4. The third-order valence-electron chi connectivity index (χ3n) is 8.53. The zero-order valence-electron chi connectivity index (χ0n) is 19.7. The molecule has 4 aliphatic carbocycles. The molecule has 2 aliphatic heterocycles. The van der Waals surface area contributed by atoms with E-state index < -0.39 is 5.60 Å². The molecule has 5 nitrogen and oxygen atoms in total. The SMILES string of the molecule is CC1=C(Br)\C=C/C=C/N(CC2(O)COC2)C/C=C\1C(=O)NCCC12CC3CC(CC(C3)C1)C2. The first-order chi connectivity index (χ1) is 15.8. The Hall–Kier alpha value is -1.37. The van der Waals surface area contributed by atoms with Crippen LogP contribution >= 0.6 is 15.9 Å². The van der Waals surface area contributed by atoms with E-state index in [1.165, 1.54) is 38.5 Å². The molecule has 4 saturated carbocycles. The second-order valence-corrected chi connectivity index (χ2v) is 12.2. The van der Waals surface area contributed by atoms with E-state index in [0.717, 1.165) is 40.8 Å². The van der Waals surface area contributed by atoms with Crippen molar-refractivity contribution in [2.24, 2.45) is 23.2 Å². The Morgan fingerprint density at radius 3 is 2.45 bits per heavy atom. The van der Waals surface area contributed by atoms with Crippen molar-refractivity contribution < 1.29 is 14.6 Å². The summed E-state index contributed by atoms with van der Waals surface area (Å²) in [6, 6.07) is 0. The quantitative estimate of drug-likeness (QED) is 0.547. The summed E-state index contributed by atoms with van der Waals surface area (Å²) < 4.78 is 6.11. The van der Waals surface area contributed by atoms with Gasteiger partial charge >= 0.3 is 0 Å². The molecule has 0 unspecified atom stereocenters. The zero-order chi connectivity index (χ0) is 23.1. The number of β-amino-alcohol motifs (C(OH)–C–C–N with tert-alkyl or cyclic N) is 1. The van der Waals surface area contributed by atoms with Crippen LogP contribution in [0.1, 0.15) is 51.9 Å². The van der Waals surface area contributed by atoms with Gasteiger partial charge in [0.2, 0.25) is 0 Å². The molecule has 1 saturated heterocycles. The summed E-state index contributed by atoms with van der Waals surface area (Å²) in [5, 5.41) is 13.8. The van der Waals surface area contributed by atoms with Crippen molar-refractivity contribution in [2.75, 3.05) is 32.8 Å². The minimum absolute atomic E-state index is 0.00206. The number of allylic oxidation sites excluding steroid dienone is 4. The fourth-order valence-electron chi connectivity index (χ4n) is 7.31. The largest absolute Gasteiger partial charge is 0.383 e. The summed E-state index contributed by atoms with van der Waals surface area (Å²) in [5.74, 6) is 2.82. The first-order valence-corrected chi connectivity index (χ1v) is 13.4. The van der Waals surface area contributed by atoms with Crippen LogP contribution in [0.4, 0.5) is 0 Å². The maximum atomic E-state index is 13.3. The number of carbonyl (C=O) groups excluding carboxylic acids is 1. The Morgan fingerprint density at radius 2 is 1.85 bits per heavy atom. The van der Waals surface area contributed by atoms with Gasteiger partial charge in [-0.2, -0.15) is 0 Å². The van der Waals surface area contributed by atoms with Crippen LogP contribution < -0.4 is 5.32 Å². The lowest BCUT2D eigenvalue weighted by atomic mass is 9.49. The maximum Gasteiger partial charge on any atom is 0.251 e. The first-order valence-electron chi connectivity index (χ1n) is 12.6. The molecule has 180 valence electrons. The number of nitrogens with one attached hydrogen (secondary N) is 1. The molecule has 0 atom stereocenters. The summed E-state index contributed by atoms with van der Waals surface area (Å²) >= 11 is 3.64. The summed E-state index contributed by atoms with van der Waals surface area (Å²) in [7, 11) is 0. The van der Waals surface area contributed by atoms with Gasteiger partial charge in [-0.3, -0.25) is 4.79 Å². The van der Waals surface area contributed by atoms with E-state index >= 15 is 0 Å². The number of amides is 1. The van der Waals surface area contributed by atoms with Gasteiger partial charge < -0.3 is 20.1 Å². The average molecular weight is 518 g/mol. The summed E-state index contributed by atoms with van der Waals surface area (Å²) in [6.07, 6.45) is 19.4. The molecule has 0 aromatic heterocycles. The lowest BCUT2D eigenvalue weighted by Crippen LogP contribution is -2.56. The van der Waals surface area contributed by atoms with Crippen molar-refractivity contribution in [3.8, 4) is 0 Å². The molecule has 4 bridgehead atoms. The average Bonchev–Trinajstić information content (AvgIpc) is 2.73. The Bertz CT molecular complexity index is 864. The zero-order valence-corrected chi connectivity index (χ0v) is 21.3. The molecule has 33 heavy (non-hydrogen) atoms. The maximum absolute atomic E-state index is 13.3. The predicted octanol–water partition coefficient (Wildman–Crippen LogP) is 4.45. The molecule has 2 N–H and O–H groups in total. The lowest BCUT2D eigenvalue weighted by molar-refractivity contribution is -0.183. The van der Waals surface area contributed by atoms with Gasteiger partial charge in [0.25, 0.3) is 5.91 Å². The molecule has 6 heteroatoms. The third kappa shape index (κ3) is 5.18. The summed E-state index contributed by atoms with van der Waals surface area (Å²) in [4.78, 5) is 15.3. The van der Waals surface area contributed by atoms with Crippen LogP contribution in [0.2, 0.25) is 0 Å². The van der Waals surface area contributed by atoms with Gasteiger partial charge in [0.1, 0.15) is 5.60 Å². The molecule has 6 rings (SSSR count). The fourth-order valence-corrected chi connectivity index (χ4v) is 7.67. The molecular weight excluding hydrogens is 480 g/mol. The topological polar surface area (TPSA) is 61.8 Å². The molecule has 0 aromatic rings. The van der Waals surface area contributed by atoms with Crippen molar-refractivity contribution in [2.45, 2.75) is 57.5 Å². The molecular formula is C27H37BrN2O3. The van der Waals surface area contributed by atoms with Gasteiger partial charge in [0.15, 0.2) is 0 Å².